The molecule has 2 rings (SSSR count). The van der Waals surface area contributed by atoms with Crippen LogP contribution in [0.2, 0.25) is 0 Å². The normalized spacial score (nSPS) is 33.0. The summed E-state index contributed by atoms with van der Waals surface area (Å²) in [6.07, 6.45) is 10.8. The molecule has 1 heterocycles. The van der Waals surface area contributed by atoms with Crippen molar-refractivity contribution in [2.45, 2.75) is 70.4 Å². The van der Waals surface area contributed by atoms with Gasteiger partial charge in [-0.25, -0.2) is 0 Å². The molecule has 0 amide bonds. The van der Waals surface area contributed by atoms with Crippen LogP contribution in [0.4, 0.5) is 0 Å². The number of hydrogen-bond acceptors (Lipinski definition) is 3. The Morgan fingerprint density at radius 2 is 1.95 bits per heavy atom. The molecule has 0 aromatic rings. The van der Waals surface area contributed by atoms with E-state index in [1.807, 2.05) is 0 Å². The summed E-state index contributed by atoms with van der Waals surface area (Å²) < 4.78 is 11.7. The molecule has 2 fully saturated rings. The monoisotopic (exact) mass is 269 g/mol. The van der Waals surface area contributed by atoms with E-state index >= 15 is 0 Å². The molecule has 0 aromatic heterocycles. The lowest BCUT2D eigenvalue weighted by Gasteiger charge is -2.31. The van der Waals surface area contributed by atoms with Gasteiger partial charge in [-0.3, -0.25) is 0 Å². The molecule has 0 radical (unpaired) electrons. The highest BCUT2D eigenvalue weighted by Gasteiger charge is 2.25. The zero-order valence-corrected chi connectivity index (χ0v) is 12.5. The zero-order chi connectivity index (χ0) is 13.3. The van der Waals surface area contributed by atoms with E-state index in [0.717, 1.165) is 26.4 Å². The standard InChI is InChI=1S/C16H31NO2/c1-2-10-17-15-7-5-3-4-6-8-16(15)19-13-14-9-11-18-12-14/h14-17H,2-13H2,1H3. The van der Waals surface area contributed by atoms with Crippen molar-refractivity contribution in [2.24, 2.45) is 5.92 Å². The van der Waals surface area contributed by atoms with Crippen LogP contribution in [-0.4, -0.2) is 38.5 Å². The fraction of sp³-hybridized carbons (Fsp3) is 1.00. The number of rotatable bonds is 6. The Kier molecular flexibility index (Phi) is 7.18. The van der Waals surface area contributed by atoms with Crippen LogP contribution < -0.4 is 5.32 Å². The predicted octanol–water partition coefficient (Wildman–Crippen LogP) is 3.13. The summed E-state index contributed by atoms with van der Waals surface area (Å²) in [7, 11) is 0. The molecule has 3 heteroatoms. The molecule has 19 heavy (non-hydrogen) atoms. The van der Waals surface area contributed by atoms with Crippen LogP contribution in [0.5, 0.6) is 0 Å². The summed E-state index contributed by atoms with van der Waals surface area (Å²) in [5.41, 5.74) is 0. The van der Waals surface area contributed by atoms with Gasteiger partial charge in [-0.05, 0) is 32.2 Å². The molecule has 1 aliphatic carbocycles. The molecule has 2 aliphatic rings. The first-order chi connectivity index (χ1) is 9.40. The first kappa shape index (κ1) is 15.3. The minimum atomic E-state index is 0.424. The van der Waals surface area contributed by atoms with Gasteiger partial charge < -0.3 is 14.8 Å². The van der Waals surface area contributed by atoms with Crippen LogP contribution >= 0.6 is 0 Å². The van der Waals surface area contributed by atoms with Gasteiger partial charge in [0.25, 0.3) is 0 Å². The molecule has 112 valence electrons. The third kappa shape index (κ3) is 5.41. The molecule has 3 unspecified atom stereocenters. The molecule has 3 atom stereocenters. The van der Waals surface area contributed by atoms with E-state index < -0.39 is 0 Å². The van der Waals surface area contributed by atoms with Gasteiger partial charge in [-0.15, -0.1) is 0 Å². The first-order valence-corrected chi connectivity index (χ1v) is 8.33. The topological polar surface area (TPSA) is 30.5 Å². The highest BCUT2D eigenvalue weighted by Crippen LogP contribution is 2.22. The van der Waals surface area contributed by atoms with Gasteiger partial charge in [-0.2, -0.15) is 0 Å². The lowest BCUT2D eigenvalue weighted by Crippen LogP contribution is -2.43. The van der Waals surface area contributed by atoms with Crippen LogP contribution in [0.1, 0.15) is 58.3 Å². The Hall–Kier alpha value is -0.120. The summed E-state index contributed by atoms with van der Waals surface area (Å²) in [4.78, 5) is 0. The molecular formula is C16H31NO2. The van der Waals surface area contributed by atoms with E-state index in [1.54, 1.807) is 0 Å². The van der Waals surface area contributed by atoms with Crippen LogP contribution in [0.25, 0.3) is 0 Å². The van der Waals surface area contributed by atoms with Crippen molar-refractivity contribution in [3.8, 4) is 0 Å². The lowest BCUT2D eigenvalue weighted by atomic mass is 9.94. The van der Waals surface area contributed by atoms with Crippen molar-refractivity contribution in [1.29, 1.82) is 0 Å². The molecule has 0 aromatic carbocycles. The maximum atomic E-state index is 6.27. The van der Waals surface area contributed by atoms with E-state index in [9.17, 15) is 0 Å². The minimum absolute atomic E-state index is 0.424. The zero-order valence-electron chi connectivity index (χ0n) is 12.5. The molecule has 1 N–H and O–H groups in total. The quantitative estimate of drug-likeness (QED) is 0.803. The first-order valence-electron chi connectivity index (χ1n) is 8.33. The van der Waals surface area contributed by atoms with Gasteiger partial charge in [0, 0.05) is 18.6 Å². The second-order valence-corrected chi connectivity index (χ2v) is 6.15. The second-order valence-electron chi connectivity index (χ2n) is 6.15. The Labute approximate surface area is 118 Å². The van der Waals surface area contributed by atoms with Crippen molar-refractivity contribution in [2.75, 3.05) is 26.4 Å². The fourth-order valence-electron chi connectivity index (χ4n) is 3.19. The van der Waals surface area contributed by atoms with E-state index in [-0.39, 0.29) is 0 Å². The Morgan fingerprint density at radius 3 is 2.68 bits per heavy atom. The Bertz CT molecular complexity index is 227. The average molecular weight is 269 g/mol. The van der Waals surface area contributed by atoms with Crippen molar-refractivity contribution >= 4 is 0 Å². The van der Waals surface area contributed by atoms with E-state index in [4.69, 9.17) is 9.47 Å². The Balaban J connectivity index is 1.79. The van der Waals surface area contributed by atoms with E-state index in [1.165, 1.54) is 51.4 Å². The maximum absolute atomic E-state index is 6.27. The minimum Gasteiger partial charge on any atom is -0.381 e. The molecule has 1 aliphatic heterocycles. The summed E-state index contributed by atoms with van der Waals surface area (Å²) in [5, 5.41) is 3.71. The fourth-order valence-corrected chi connectivity index (χ4v) is 3.19. The Morgan fingerprint density at radius 1 is 1.11 bits per heavy atom. The van der Waals surface area contributed by atoms with E-state index in [2.05, 4.69) is 12.2 Å². The lowest BCUT2D eigenvalue weighted by molar-refractivity contribution is -0.00647. The predicted molar refractivity (Wildman–Crippen MR) is 78.4 cm³/mol. The molecule has 1 saturated heterocycles. The summed E-state index contributed by atoms with van der Waals surface area (Å²) in [6.45, 7) is 6.09. The van der Waals surface area contributed by atoms with Crippen LogP contribution in [-0.2, 0) is 9.47 Å². The van der Waals surface area contributed by atoms with Crippen molar-refractivity contribution in [3.05, 3.63) is 0 Å². The van der Waals surface area contributed by atoms with Gasteiger partial charge >= 0.3 is 0 Å². The van der Waals surface area contributed by atoms with Gasteiger partial charge in [0.2, 0.25) is 0 Å². The largest absolute Gasteiger partial charge is 0.381 e. The second kappa shape index (κ2) is 8.93. The highest BCUT2D eigenvalue weighted by atomic mass is 16.5. The molecule has 1 saturated carbocycles. The molecule has 0 spiro atoms. The van der Waals surface area contributed by atoms with Gasteiger partial charge in [0.15, 0.2) is 0 Å². The van der Waals surface area contributed by atoms with E-state index in [0.29, 0.717) is 18.1 Å². The summed E-state index contributed by atoms with van der Waals surface area (Å²) >= 11 is 0. The summed E-state index contributed by atoms with van der Waals surface area (Å²) in [5.74, 6) is 0.636. The smallest absolute Gasteiger partial charge is 0.0728 e. The van der Waals surface area contributed by atoms with Gasteiger partial charge in [0.1, 0.15) is 0 Å². The van der Waals surface area contributed by atoms with Crippen molar-refractivity contribution in [3.63, 3.8) is 0 Å². The average Bonchev–Trinajstić information content (AvgIpc) is 2.90. The third-order valence-electron chi connectivity index (χ3n) is 4.43. The highest BCUT2D eigenvalue weighted by molar-refractivity contribution is 4.80. The van der Waals surface area contributed by atoms with Gasteiger partial charge in [0.05, 0.1) is 19.3 Å². The number of hydrogen-bond donors (Lipinski definition) is 1. The molecular weight excluding hydrogens is 238 g/mol. The van der Waals surface area contributed by atoms with Crippen LogP contribution in [0, 0.1) is 5.92 Å². The number of ether oxygens (including phenoxy) is 2. The molecule has 0 bridgehead atoms. The SMILES string of the molecule is CCCNC1CCCCCCC1OCC1CCOC1. The maximum Gasteiger partial charge on any atom is 0.0728 e. The van der Waals surface area contributed by atoms with Crippen LogP contribution in [0.3, 0.4) is 0 Å². The summed E-state index contributed by atoms with van der Waals surface area (Å²) in [6, 6.07) is 0.572. The third-order valence-corrected chi connectivity index (χ3v) is 4.43. The number of nitrogens with one attached hydrogen (secondary N) is 1. The molecule has 3 nitrogen and oxygen atoms in total. The van der Waals surface area contributed by atoms with Crippen molar-refractivity contribution in [1.82, 2.24) is 5.32 Å². The van der Waals surface area contributed by atoms with Gasteiger partial charge in [-0.1, -0.05) is 32.6 Å². The van der Waals surface area contributed by atoms with Crippen molar-refractivity contribution < 1.29 is 9.47 Å². The van der Waals surface area contributed by atoms with Crippen LogP contribution in [0.15, 0.2) is 0 Å².